The number of anilines is 1. The van der Waals surface area contributed by atoms with Crippen molar-refractivity contribution in [3.63, 3.8) is 0 Å². The standard InChI is InChI=1S/C13H22N4/c1-4-10-11(8-14)13(16-15-12(10)5-2)17(3)9-6-7-9/h9H,4-8,14H2,1-3H3. The van der Waals surface area contributed by atoms with Crippen LogP contribution in [-0.2, 0) is 19.4 Å². The maximum atomic E-state index is 5.91. The van der Waals surface area contributed by atoms with Gasteiger partial charge >= 0.3 is 0 Å². The van der Waals surface area contributed by atoms with Crippen LogP contribution in [0.1, 0.15) is 43.5 Å². The third kappa shape index (κ3) is 2.27. The van der Waals surface area contributed by atoms with Crippen molar-refractivity contribution in [3.8, 4) is 0 Å². The second kappa shape index (κ2) is 5.00. The molecule has 0 saturated heterocycles. The van der Waals surface area contributed by atoms with Crippen molar-refractivity contribution >= 4 is 5.82 Å². The van der Waals surface area contributed by atoms with Crippen molar-refractivity contribution in [1.82, 2.24) is 10.2 Å². The van der Waals surface area contributed by atoms with E-state index in [2.05, 4.69) is 36.0 Å². The summed E-state index contributed by atoms with van der Waals surface area (Å²) in [6.07, 6.45) is 4.44. The molecule has 4 nitrogen and oxygen atoms in total. The van der Waals surface area contributed by atoms with E-state index in [1.54, 1.807) is 0 Å². The van der Waals surface area contributed by atoms with Gasteiger partial charge in [0.1, 0.15) is 0 Å². The van der Waals surface area contributed by atoms with Gasteiger partial charge in [0, 0.05) is 25.2 Å². The van der Waals surface area contributed by atoms with E-state index in [-0.39, 0.29) is 0 Å². The molecule has 2 N–H and O–H groups in total. The normalized spacial score (nSPS) is 15.1. The molecule has 1 aliphatic rings. The number of aryl methyl sites for hydroxylation is 1. The fraction of sp³-hybridized carbons (Fsp3) is 0.692. The Morgan fingerprint density at radius 3 is 2.35 bits per heavy atom. The average Bonchev–Trinajstić information content (AvgIpc) is 3.20. The van der Waals surface area contributed by atoms with Crippen molar-refractivity contribution in [1.29, 1.82) is 0 Å². The molecular formula is C13H22N4. The summed E-state index contributed by atoms with van der Waals surface area (Å²) in [7, 11) is 2.10. The summed E-state index contributed by atoms with van der Waals surface area (Å²) in [6, 6.07) is 0.645. The molecule has 0 aliphatic heterocycles. The van der Waals surface area contributed by atoms with Crippen molar-refractivity contribution in [2.24, 2.45) is 5.73 Å². The zero-order valence-corrected chi connectivity index (χ0v) is 11.0. The van der Waals surface area contributed by atoms with E-state index in [1.807, 2.05) is 0 Å². The maximum Gasteiger partial charge on any atom is 0.156 e. The number of nitrogens with two attached hydrogens (primary N) is 1. The Labute approximate surface area is 103 Å². The van der Waals surface area contributed by atoms with Crippen molar-refractivity contribution in [2.45, 2.75) is 52.1 Å². The molecule has 1 heterocycles. The Morgan fingerprint density at radius 2 is 1.88 bits per heavy atom. The SMILES string of the molecule is CCc1nnc(N(C)C2CC2)c(CN)c1CC. The van der Waals surface area contributed by atoms with Gasteiger partial charge in [-0.05, 0) is 31.2 Å². The van der Waals surface area contributed by atoms with Crippen molar-refractivity contribution in [2.75, 3.05) is 11.9 Å². The zero-order chi connectivity index (χ0) is 12.4. The van der Waals surface area contributed by atoms with Gasteiger partial charge in [0.25, 0.3) is 0 Å². The molecule has 0 radical (unpaired) electrons. The lowest BCUT2D eigenvalue weighted by Gasteiger charge is -2.22. The molecule has 0 spiro atoms. The Hall–Kier alpha value is -1.16. The smallest absolute Gasteiger partial charge is 0.156 e. The summed E-state index contributed by atoms with van der Waals surface area (Å²) in [5.74, 6) is 0.990. The van der Waals surface area contributed by atoms with Gasteiger partial charge in [-0.15, -0.1) is 5.10 Å². The van der Waals surface area contributed by atoms with E-state index >= 15 is 0 Å². The van der Waals surface area contributed by atoms with Gasteiger partial charge in [-0.3, -0.25) is 0 Å². The van der Waals surface area contributed by atoms with Crippen LogP contribution in [-0.4, -0.2) is 23.3 Å². The van der Waals surface area contributed by atoms with Gasteiger partial charge in [0.2, 0.25) is 0 Å². The minimum Gasteiger partial charge on any atom is -0.355 e. The number of nitrogens with zero attached hydrogens (tertiary/aromatic N) is 3. The lowest BCUT2D eigenvalue weighted by molar-refractivity contribution is 0.793. The molecule has 0 atom stereocenters. The Kier molecular flexibility index (Phi) is 3.62. The highest BCUT2D eigenvalue weighted by atomic mass is 15.3. The minimum absolute atomic E-state index is 0.554. The second-order valence-corrected chi connectivity index (χ2v) is 4.68. The van der Waals surface area contributed by atoms with Crippen LogP contribution in [0.3, 0.4) is 0 Å². The molecular weight excluding hydrogens is 212 g/mol. The van der Waals surface area contributed by atoms with Gasteiger partial charge in [-0.25, -0.2) is 0 Å². The summed E-state index contributed by atoms with van der Waals surface area (Å²) < 4.78 is 0. The van der Waals surface area contributed by atoms with Crippen LogP contribution < -0.4 is 10.6 Å². The largest absolute Gasteiger partial charge is 0.355 e. The zero-order valence-electron chi connectivity index (χ0n) is 11.0. The van der Waals surface area contributed by atoms with E-state index in [0.29, 0.717) is 12.6 Å². The molecule has 17 heavy (non-hydrogen) atoms. The van der Waals surface area contributed by atoms with Crippen LogP contribution >= 0.6 is 0 Å². The molecule has 0 amide bonds. The summed E-state index contributed by atoms with van der Waals surface area (Å²) in [5, 5.41) is 8.75. The minimum atomic E-state index is 0.554. The van der Waals surface area contributed by atoms with Crippen LogP contribution in [0, 0.1) is 0 Å². The molecule has 4 heteroatoms. The van der Waals surface area contributed by atoms with Crippen LogP contribution in [0.15, 0.2) is 0 Å². The molecule has 1 aliphatic carbocycles. The Bertz CT molecular complexity index is 399. The highest BCUT2D eigenvalue weighted by molar-refractivity contribution is 5.52. The number of hydrogen-bond donors (Lipinski definition) is 1. The fourth-order valence-corrected chi connectivity index (χ4v) is 2.37. The summed E-state index contributed by atoms with van der Waals surface area (Å²) >= 11 is 0. The van der Waals surface area contributed by atoms with Crippen LogP contribution in [0.4, 0.5) is 5.82 Å². The first-order chi connectivity index (χ1) is 8.22. The van der Waals surface area contributed by atoms with Gasteiger partial charge in [0.15, 0.2) is 5.82 Å². The van der Waals surface area contributed by atoms with Crippen molar-refractivity contribution in [3.05, 3.63) is 16.8 Å². The maximum absolute atomic E-state index is 5.91. The average molecular weight is 234 g/mol. The van der Waals surface area contributed by atoms with Gasteiger partial charge in [0.05, 0.1) is 5.69 Å². The van der Waals surface area contributed by atoms with E-state index in [0.717, 1.165) is 24.4 Å². The lowest BCUT2D eigenvalue weighted by atomic mass is 10.0. The van der Waals surface area contributed by atoms with E-state index in [4.69, 9.17) is 5.73 Å². The van der Waals surface area contributed by atoms with Crippen LogP contribution in [0.2, 0.25) is 0 Å². The van der Waals surface area contributed by atoms with E-state index in [9.17, 15) is 0 Å². The highest BCUT2D eigenvalue weighted by Gasteiger charge is 2.29. The Morgan fingerprint density at radius 1 is 1.18 bits per heavy atom. The third-order valence-electron chi connectivity index (χ3n) is 3.57. The lowest BCUT2D eigenvalue weighted by Crippen LogP contribution is -2.25. The second-order valence-electron chi connectivity index (χ2n) is 4.68. The first-order valence-electron chi connectivity index (χ1n) is 6.53. The molecule has 1 fully saturated rings. The molecule has 1 saturated carbocycles. The molecule has 0 aromatic carbocycles. The van der Waals surface area contributed by atoms with E-state index in [1.165, 1.54) is 24.0 Å². The van der Waals surface area contributed by atoms with Crippen molar-refractivity contribution < 1.29 is 0 Å². The predicted molar refractivity (Wildman–Crippen MR) is 70.1 cm³/mol. The quantitative estimate of drug-likeness (QED) is 0.842. The molecule has 0 bridgehead atoms. The summed E-state index contributed by atoms with van der Waals surface area (Å²) in [4.78, 5) is 2.24. The molecule has 1 aromatic heterocycles. The molecule has 0 unspecified atom stereocenters. The van der Waals surface area contributed by atoms with E-state index < -0.39 is 0 Å². The monoisotopic (exact) mass is 234 g/mol. The fourth-order valence-electron chi connectivity index (χ4n) is 2.37. The van der Waals surface area contributed by atoms with Gasteiger partial charge in [-0.1, -0.05) is 13.8 Å². The van der Waals surface area contributed by atoms with Crippen LogP contribution in [0.5, 0.6) is 0 Å². The van der Waals surface area contributed by atoms with Gasteiger partial charge < -0.3 is 10.6 Å². The third-order valence-corrected chi connectivity index (χ3v) is 3.57. The summed E-state index contributed by atoms with van der Waals surface area (Å²) in [5.41, 5.74) is 9.50. The first-order valence-corrected chi connectivity index (χ1v) is 6.53. The predicted octanol–water partition coefficient (Wildman–Crippen LogP) is 1.66. The Balaban J connectivity index is 2.44. The molecule has 94 valence electrons. The topological polar surface area (TPSA) is 55.0 Å². The number of hydrogen-bond acceptors (Lipinski definition) is 4. The molecule has 1 aromatic rings. The van der Waals surface area contributed by atoms with Gasteiger partial charge in [-0.2, -0.15) is 5.10 Å². The number of aromatic nitrogens is 2. The number of rotatable bonds is 5. The molecule has 2 rings (SSSR count). The highest BCUT2D eigenvalue weighted by Crippen LogP contribution is 2.32. The first kappa shape index (κ1) is 12.3. The van der Waals surface area contributed by atoms with Crippen LogP contribution in [0.25, 0.3) is 0 Å². The summed E-state index contributed by atoms with van der Waals surface area (Å²) in [6.45, 7) is 4.84.